The van der Waals surface area contributed by atoms with Gasteiger partial charge in [-0.25, -0.2) is 8.78 Å². The highest BCUT2D eigenvalue weighted by atomic mass is 19.1. The third-order valence-corrected chi connectivity index (χ3v) is 3.40. The van der Waals surface area contributed by atoms with Crippen molar-refractivity contribution < 1.29 is 13.6 Å². The van der Waals surface area contributed by atoms with Crippen molar-refractivity contribution in [2.45, 2.75) is 25.8 Å². The van der Waals surface area contributed by atoms with E-state index in [1.165, 1.54) is 18.3 Å². The predicted octanol–water partition coefficient (Wildman–Crippen LogP) is 2.73. The molecule has 3 nitrogen and oxygen atoms in total. The van der Waals surface area contributed by atoms with Crippen molar-refractivity contribution in [1.82, 2.24) is 9.78 Å². The van der Waals surface area contributed by atoms with Crippen molar-refractivity contribution in [3.8, 4) is 0 Å². The van der Waals surface area contributed by atoms with Gasteiger partial charge in [0.05, 0.1) is 18.3 Å². The molecule has 0 spiro atoms. The summed E-state index contributed by atoms with van der Waals surface area (Å²) in [5, 5.41) is 4.14. The lowest BCUT2D eigenvalue weighted by atomic mass is 9.97. The van der Waals surface area contributed by atoms with Gasteiger partial charge in [-0.2, -0.15) is 5.10 Å². The van der Waals surface area contributed by atoms with E-state index in [-0.39, 0.29) is 12.3 Å². The molecule has 2 aromatic rings. The molecule has 1 aliphatic carbocycles. The van der Waals surface area contributed by atoms with E-state index >= 15 is 0 Å². The highest BCUT2D eigenvalue weighted by Gasteiger charge is 2.22. The Morgan fingerprint density at radius 3 is 2.89 bits per heavy atom. The fraction of sp³-hybridized carbons (Fsp3) is 0.286. The highest BCUT2D eigenvalue weighted by Crippen LogP contribution is 2.22. The number of fused-ring (bicyclic) bond motifs is 1. The molecule has 0 amide bonds. The van der Waals surface area contributed by atoms with Crippen LogP contribution in [-0.2, 0) is 13.0 Å². The van der Waals surface area contributed by atoms with E-state index in [2.05, 4.69) is 5.10 Å². The predicted molar refractivity (Wildman–Crippen MR) is 65.0 cm³/mol. The van der Waals surface area contributed by atoms with Crippen molar-refractivity contribution in [3.05, 3.63) is 52.9 Å². The van der Waals surface area contributed by atoms with E-state index in [1.54, 1.807) is 4.68 Å². The first-order valence-electron chi connectivity index (χ1n) is 6.17. The third-order valence-electron chi connectivity index (χ3n) is 3.40. The average molecular weight is 262 g/mol. The van der Waals surface area contributed by atoms with Crippen LogP contribution in [0.4, 0.5) is 8.78 Å². The van der Waals surface area contributed by atoms with Crippen LogP contribution >= 0.6 is 0 Å². The topological polar surface area (TPSA) is 34.9 Å². The van der Waals surface area contributed by atoms with Crippen LogP contribution in [0.3, 0.4) is 0 Å². The smallest absolute Gasteiger partial charge is 0.166 e. The Labute approximate surface area is 108 Å². The number of carbonyl (C=O) groups excluding carboxylic acids is 1. The third kappa shape index (κ3) is 2.16. The number of rotatable bonds is 2. The lowest BCUT2D eigenvalue weighted by Gasteiger charge is -2.13. The summed E-state index contributed by atoms with van der Waals surface area (Å²) < 4.78 is 28.1. The molecule has 1 aromatic carbocycles. The molecule has 0 fully saturated rings. The van der Waals surface area contributed by atoms with Crippen LogP contribution in [0.15, 0.2) is 24.4 Å². The second-order valence-electron chi connectivity index (χ2n) is 4.68. The average Bonchev–Trinajstić information content (AvgIpc) is 2.78. The van der Waals surface area contributed by atoms with Crippen LogP contribution in [-0.4, -0.2) is 15.6 Å². The summed E-state index contributed by atoms with van der Waals surface area (Å²) in [5.74, 6) is -1.10. The molecule has 0 bridgehead atoms. The number of hydrogen-bond donors (Lipinski definition) is 0. The summed E-state index contributed by atoms with van der Waals surface area (Å²) in [7, 11) is 0. The van der Waals surface area contributed by atoms with Crippen LogP contribution in [0.2, 0.25) is 0 Å². The Morgan fingerprint density at radius 1 is 1.26 bits per heavy atom. The first-order chi connectivity index (χ1) is 9.15. The Bertz CT molecular complexity index is 649. The SMILES string of the molecule is O=C1CCCc2c1cnn2Cc1ccc(F)cc1F. The highest BCUT2D eigenvalue weighted by molar-refractivity contribution is 5.97. The van der Waals surface area contributed by atoms with E-state index in [0.717, 1.165) is 24.6 Å². The van der Waals surface area contributed by atoms with Gasteiger partial charge in [0.25, 0.3) is 0 Å². The number of nitrogens with zero attached hydrogens (tertiary/aromatic N) is 2. The molecule has 0 saturated heterocycles. The maximum atomic E-state index is 13.6. The Hall–Kier alpha value is -2.04. The molecule has 0 N–H and O–H groups in total. The summed E-state index contributed by atoms with van der Waals surface area (Å²) in [6.45, 7) is 0.217. The molecule has 0 saturated carbocycles. The minimum atomic E-state index is -0.598. The minimum Gasteiger partial charge on any atom is -0.294 e. The number of carbonyl (C=O) groups is 1. The van der Waals surface area contributed by atoms with Gasteiger partial charge >= 0.3 is 0 Å². The van der Waals surface area contributed by atoms with Gasteiger partial charge in [0.2, 0.25) is 0 Å². The second-order valence-corrected chi connectivity index (χ2v) is 4.68. The zero-order chi connectivity index (χ0) is 13.4. The first-order valence-corrected chi connectivity index (χ1v) is 6.17. The Kier molecular flexibility index (Phi) is 2.89. The normalized spacial score (nSPS) is 14.5. The van der Waals surface area contributed by atoms with E-state index < -0.39 is 11.6 Å². The van der Waals surface area contributed by atoms with Gasteiger partial charge in [-0.15, -0.1) is 0 Å². The number of benzene rings is 1. The van der Waals surface area contributed by atoms with Gasteiger partial charge in [0, 0.05) is 23.7 Å². The quantitative estimate of drug-likeness (QED) is 0.834. The monoisotopic (exact) mass is 262 g/mol. The summed E-state index contributed by atoms with van der Waals surface area (Å²) in [6, 6.07) is 3.49. The van der Waals surface area contributed by atoms with Crippen molar-refractivity contribution in [2.75, 3.05) is 0 Å². The lowest BCUT2D eigenvalue weighted by Crippen LogP contribution is -2.14. The van der Waals surface area contributed by atoms with Crippen molar-refractivity contribution in [2.24, 2.45) is 0 Å². The van der Waals surface area contributed by atoms with E-state index in [1.807, 2.05) is 0 Å². The van der Waals surface area contributed by atoms with Crippen molar-refractivity contribution in [1.29, 1.82) is 0 Å². The number of hydrogen-bond acceptors (Lipinski definition) is 2. The van der Waals surface area contributed by atoms with Gasteiger partial charge in [-0.3, -0.25) is 9.48 Å². The largest absolute Gasteiger partial charge is 0.294 e. The van der Waals surface area contributed by atoms with Crippen LogP contribution in [0.5, 0.6) is 0 Å². The second kappa shape index (κ2) is 4.57. The number of ketones is 1. The Morgan fingerprint density at radius 2 is 2.11 bits per heavy atom. The van der Waals surface area contributed by atoms with Gasteiger partial charge < -0.3 is 0 Å². The molecule has 19 heavy (non-hydrogen) atoms. The molecule has 1 aliphatic rings. The maximum Gasteiger partial charge on any atom is 0.166 e. The summed E-state index contributed by atoms with van der Waals surface area (Å²) in [5.41, 5.74) is 1.85. The zero-order valence-corrected chi connectivity index (χ0v) is 10.2. The molecular weight excluding hydrogens is 250 g/mol. The lowest BCUT2D eigenvalue weighted by molar-refractivity contribution is 0.0972. The van der Waals surface area contributed by atoms with E-state index in [4.69, 9.17) is 0 Å². The number of Topliss-reactive ketones (excluding diaryl/α,β-unsaturated/α-hetero) is 1. The first kappa shape index (κ1) is 12.0. The van der Waals surface area contributed by atoms with Crippen LogP contribution in [0.1, 0.15) is 34.5 Å². The van der Waals surface area contributed by atoms with E-state index in [9.17, 15) is 13.6 Å². The molecule has 0 unspecified atom stereocenters. The van der Waals surface area contributed by atoms with Crippen LogP contribution in [0, 0.1) is 11.6 Å². The van der Waals surface area contributed by atoms with Gasteiger partial charge in [0.15, 0.2) is 5.78 Å². The molecule has 1 heterocycles. The summed E-state index contributed by atoms with van der Waals surface area (Å²) in [4.78, 5) is 11.7. The molecular formula is C14H12F2N2O. The zero-order valence-electron chi connectivity index (χ0n) is 10.2. The Balaban J connectivity index is 1.94. The standard InChI is InChI=1S/C14H12F2N2O/c15-10-5-4-9(12(16)6-10)8-18-13-2-1-3-14(19)11(13)7-17-18/h4-7H,1-3,8H2. The van der Waals surface area contributed by atoms with Gasteiger partial charge in [-0.05, 0) is 18.9 Å². The molecule has 3 rings (SSSR count). The molecule has 0 atom stereocenters. The number of halogens is 2. The summed E-state index contributed by atoms with van der Waals surface area (Å²) in [6.07, 6.45) is 3.65. The van der Waals surface area contributed by atoms with Crippen molar-refractivity contribution >= 4 is 5.78 Å². The number of aromatic nitrogens is 2. The van der Waals surface area contributed by atoms with Crippen LogP contribution < -0.4 is 0 Å². The summed E-state index contributed by atoms with van der Waals surface area (Å²) >= 11 is 0. The molecule has 0 aliphatic heterocycles. The molecule has 0 radical (unpaired) electrons. The fourth-order valence-corrected chi connectivity index (χ4v) is 2.41. The van der Waals surface area contributed by atoms with Gasteiger partial charge in [-0.1, -0.05) is 6.07 Å². The van der Waals surface area contributed by atoms with Gasteiger partial charge in [0.1, 0.15) is 11.6 Å². The van der Waals surface area contributed by atoms with Crippen molar-refractivity contribution in [3.63, 3.8) is 0 Å². The maximum absolute atomic E-state index is 13.6. The van der Waals surface area contributed by atoms with Crippen LogP contribution in [0.25, 0.3) is 0 Å². The molecule has 98 valence electrons. The molecule has 1 aromatic heterocycles. The van der Waals surface area contributed by atoms with E-state index in [0.29, 0.717) is 17.5 Å². The molecule has 5 heteroatoms. The fourth-order valence-electron chi connectivity index (χ4n) is 2.41. The minimum absolute atomic E-state index is 0.0899.